The van der Waals surface area contributed by atoms with Gasteiger partial charge in [0.05, 0.1) is 17.0 Å². The van der Waals surface area contributed by atoms with Gasteiger partial charge < -0.3 is 30.0 Å². The summed E-state index contributed by atoms with van der Waals surface area (Å²) in [5, 5.41) is 12.2. The molecule has 0 aromatic heterocycles. The lowest BCUT2D eigenvalue weighted by molar-refractivity contribution is -0.137. The summed E-state index contributed by atoms with van der Waals surface area (Å²) in [5.74, 6) is -0.511. The highest BCUT2D eigenvalue weighted by molar-refractivity contribution is 8.01. The number of aliphatic hydroxyl groups excluding tert-OH is 1. The number of rotatable bonds is 7. The van der Waals surface area contributed by atoms with Gasteiger partial charge in [0.15, 0.2) is 0 Å². The highest BCUT2D eigenvalue weighted by Gasteiger charge is 2.45. The third-order valence-corrected chi connectivity index (χ3v) is 10.9. The average Bonchev–Trinajstić information content (AvgIpc) is 3.57. The second kappa shape index (κ2) is 12.8. The summed E-state index contributed by atoms with van der Waals surface area (Å²) in [4.78, 5) is 47.8. The molecule has 11 heteroatoms. The van der Waals surface area contributed by atoms with Crippen molar-refractivity contribution in [3.63, 3.8) is 0 Å². The van der Waals surface area contributed by atoms with E-state index in [1.165, 1.54) is 17.8 Å². The number of urea groups is 1. The van der Waals surface area contributed by atoms with E-state index in [-0.39, 0.29) is 41.5 Å². The van der Waals surface area contributed by atoms with Gasteiger partial charge in [-0.3, -0.25) is 9.59 Å². The Labute approximate surface area is 269 Å². The summed E-state index contributed by atoms with van der Waals surface area (Å²) in [6, 6.07) is 12.7. The lowest BCUT2D eigenvalue weighted by Crippen LogP contribution is -2.51. The van der Waals surface area contributed by atoms with Gasteiger partial charge in [-0.25, -0.2) is 9.18 Å². The first-order chi connectivity index (χ1) is 21.5. The molecule has 3 saturated heterocycles. The van der Waals surface area contributed by atoms with Crippen molar-refractivity contribution in [2.45, 2.75) is 82.2 Å². The number of benzene rings is 2. The zero-order valence-electron chi connectivity index (χ0n) is 26.4. The SMILES string of the molecule is CC(C)(C)CCN1C(=O)[C@H](CC(=O)N2CCC(N3Cc4ccccc4NC3=O)CC2)SC1c1cccc(F)c1N1CCC(O)C1. The molecule has 6 rings (SSSR count). The summed E-state index contributed by atoms with van der Waals surface area (Å²) < 4.78 is 15.4. The third kappa shape index (κ3) is 6.79. The number of hydrogen-bond donors (Lipinski definition) is 2. The second-order valence-corrected chi connectivity index (χ2v) is 15.2. The fourth-order valence-corrected chi connectivity index (χ4v) is 8.38. The van der Waals surface area contributed by atoms with E-state index >= 15 is 4.39 Å². The molecule has 0 bridgehead atoms. The average molecular weight is 638 g/mol. The Balaban J connectivity index is 1.14. The minimum Gasteiger partial charge on any atom is -0.391 e. The lowest BCUT2D eigenvalue weighted by atomic mass is 9.92. The molecule has 4 aliphatic rings. The molecule has 3 atom stereocenters. The molecular weight excluding hydrogens is 593 g/mol. The molecule has 9 nitrogen and oxygen atoms in total. The zero-order valence-corrected chi connectivity index (χ0v) is 27.2. The summed E-state index contributed by atoms with van der Waals surface area (Å²) in [6.45, 7) is 9.42. The molecule has 2 aromatic rings. The van der Waals surface area contributed by atoms with E-state index in [2.05, 4.69) is 26.1 Å². The predicted octanol–water partition coefficient (Wildman–Crippen LogP) is 5.20. The number of piperidine rings is 1. The minimum atomic E-state index is -0.565. The summed E-state index contributed by atoms with van der Waals surface area (Å²) in [7, 11) is 0. The number of halogens is 1. The topological polar surface area (TPSA) is 96.4 Å². The predicted molar refractivity (Wildman–Crippen MR) is 174 cm³/mol. The zero-order chi connectivity index (χ0) is 31.9. The van der Waals surface area contributed by atoms with Crippen molar-refractivity contribution < 1.29 is 23.9 Å². The highest BCUT2D eigenvalue weighted by Crippen LogP contribution is 2.48. The summed E-state index contributed by atoms with van der Waals surface area (Å²) >= 11 is 1.43. The Morgan fingerprint density at radius 2 is 1.80 bits per heavy atom. The molecule has 2 aromatic carbocycles. The molecule has 4 aliphatic heterocycles. The van der Waals surface area contributed by atoms with E-state index < -0.39 is 16.7 Å². The highest BCUT2D eigenvalue weighted by atomic mass is 32.2. The number of fused-ring (bicyclic) bond motifs is 1. The number of thioether (sulfide) groups is 1. The van der Waals surface area contributed by atoms with Crippen LogP contribution in [-0.2, 0) is 16.1 Å². The maximum atomic E-state index is 15.4. The molecule has 3 fully saturated rings. The van der Waals surface area contributed by atoms with E-state index in [0.717, 1.165) is 17.7 Å². The smallest absolute Gasteiger partial charge is 0.322 e. The maximum Gasteiger partial charge on any atom is 0.322 e. The van der Waals surface area contributed by atoms with Gasteiger partial charge in [-0.1, -0.05) is 51.1 Å². The molecule has 4 heterocycles. The van der Waals surface area contributed by atoms with Crippen LogP contribution < -0.4 is 10.2 Å². The van der Waals surface area contributed by atoms with Gasteiger partial charge in [0, 0.05) is 63.0 Å². The molecule has 0 spiro atoms. The summed E-state index contributed by atoms with van der Waals surface area (Å²) in [6.07, 6.45) is 2.28. The number of hydrogen-bond acceptors (Lipinski definition) is 6. The van der Waals surface area contributed by atoms with Gasteiger partial charge in [0.1, 0.15) is 11.2 Å². The largest absolute Gasteiger partial charge is 0.391 e. The van der Waals surface area contributed by atoms with Crippen molar-refractivity contribution >= 4 is 41.0 Å². The van der Waals surface area contributed by atoms with E-state index in [0.29, 0.717) is 69.8 Å². The van der Waals surface area contributed by atoms with Gasteiger partial charge in [0.25, 0.3) is 0 Å². The first-order valence-electron chi connectivity index (χ1n) is 16.1. The van der Waals surface area contributed by atoms with Gasteiger partial charge >= 0.3 is 6.03 Å². The van der Waals surface area contributed by atoms with Crippen LogP contribution >= 0.6 is 11.8 Å². The quantitative estimate of drug-likeness (QED) is 0.433. The number of nitrogens with zero attached hydrogens (tertiary/aromatic N) is 4. The number of likely N-dealkylation sites (tertiary alicyclic amines) is 1. The van der Waals surface area contributed by atoms with Crippen LogP contribution in [0.3, 0.4) is 0 Å². The molecule has 4 amide bonds. The molecule has 45 heavy (non-hydrogen) atoms. The van der Waals surface area contributed by atoms with E-state index in [9.17, 15) is 19.5 Å². The van der Waals surface area contributed by atoms with Crippen LogP contribution in [0.2, 0.25) is 0 Å². The van der Waals surface area contributed by atoms with Gasteiger partial charge in [-0.05, 0) is 48.8 Å². The van der Waals surface area contributed by atoms with E-state index in [1.807, 2.05) is 49.9 Å². The van der Waals surface area contributed by atoms with Crippen molar-refractivity contribution in [2.75, 3.05) is 42.9 Å². The van der Waals surface area contributed by atoms with Gasteiger partial charge in [0.2, 0.25) is 11.8 Å². The molecule has 2 N–H and O–H groups in total. The maximum absolute atomic E-state index is 15.4. The molecule has 0 saturated carbocycles. The number of aliphatic hydroxyl groups is 1. The monoisotopic (exact) mass is 637 g/mol. The Bertz CT molecular complexity index is 1440. The standard InChI is InChI=1S/C34H44FN5O4S/c1-34(2,3)14-18-39-31(43)28(45-32(39)25-8-6-9-26(35)30(25)38-17-13-24(41)21-38)19-29(42)37-15-11-23(12-16-37)40-20-22-7-4-5-10-27(22)36-33(40)44/h4-10,23-24,28,32,41H,11-21H2,1-3H3,(H,36,44)/t24?,28-,32?/m0/s1. The fourth-order valence-electron chi connectivity index (χ4n) is 6.89. The second-order valence-electron chi connectivity index (χ2n) is 13.9. The lowest BCUT2D eigenvalue weighted by Gasteiger charge is -2.40. The normalized spacial score (nSPS) is 24.3. The fraction of sp³-hybridized carbons (Fsp3) is 0.559. The molecule has 0 radical (unpaired) electrons. The number of carbonyl (C=O) groups is 3. The van der Waals surface area contributed by atoms with Crippen LogP contribution in [-0.4, -0.2) is 87.8 Å². The van der Waals surface area contributed by atoms with Crippen molar-refractivity contribution in [1.29, 1.82) is 0 Å². The molecular formula is C34H44FN5O4S. The van der Waals surface area contributed by atoms with Crippen LogP contribution in [0.25, 0.3) is 0 Å². The first kappa shape index (κ1) is 31.7. The van der Waals surface area contributed by atoms with Crippen LogP contribution in [0.1, 0.15) is 69.4 Å². The van der Waals surface area contributed by atoms with Crippen LogP contribution in [0.5, 0.6) is 0 Å². The number of anilines is 2. The van der Waals surface area contributed by atoms with Crippen molar-refractivity contribution in [2.24, 2.45) is 5.41 Å². The van der Waals surface area contributed by atoms with Crippen LogP contribution in [0.4, 0.5) is 20.6 Å². The Hall–Kier alpha value is -3.31. The summed E-state index contributed by atoms with van der Waals surface area (Å²) in [5.41, 5.74) is 3.08. The number of amides is 4. The van der Waals surface area contributed by atoms with E-state index in [4.69, 9.17) is 0 Å². The third-order valence-electron chi connectivity index (χ3n) is 9.48. The van der Waals surface area contributed by atoms with Gasteiger partial charge in [-0.15, -0.1) is 11.8 Å². The van der Waals surface area contributed by atoms with Crippen LogP contribution in [0, 0.1) is 11.2 Å². The van der Waals surface area contributed by atoms with Crippen molar-refractivity contribution in [3.8, 4) is 0 Å². The molecule has 2 unspecified atom stereocenters. The number of carbonyl (C=O) groups excluding carboxylic acids is 3. The Morgan fingerprint density at radius 1 is 1.04 bits per heavy atom. The number of para-hydroxylation sites is 2. The van der Waals surface area contributed by atoms with Crippen LogP contribution in [0.15, 0.2) is 42.5 Å². The number of nitrogens with one attached hydrogen (secondary N) is 1. The molecule has 242 valence electrons. The van der Waals surface area contributed by atoms with E-state index in [1.54, 1.807) is 6.07 Å². The Kier molecular flexibility index (Phi) is 9.03. The minimum absolute atomic E-state index is 0.00901. The van der Waals surface area contributed by atoms with Crippen molar-refractivity contribution in [1.82, 2.24) is 14.7 Å². The van der Waals surface area contributed by atoms with Crippen molar-refractivity contribution in [3.05, 3.63) is 59.4 Å². The Morgan fingerprint density at radius 3 is 2.51 bits per heavy atom. The molecule has 0 aliphatic carbocycles. The first-order valence-corrected chi connectivity index (χ1v) is 17.0. The van der Waals surface area contributed by atoms with Gasteiger partial charge in [-0.2, -0.15) is 0 Å². The number of β-amino-alcohol motifs (C(OH)–C–C–N with tert-alkyl or cyclic N) is 1.